The molecule has 16 heavy (non-hydrogen) atoms. The van der Waals surface area contributed by atoms with Gasteiger partial charge in [-0.25, -0.2) is 4.68 Å². The molecule has 0 spiro atoms. The van der Waals surface area contributed by atoms with Crippen LogP contribution in [0.25, 0.3) is 5.69 Å². The summed E-state index contributed by atoms with van der Waals surface area (Å²) in [6.45, 7) is 0. The van der Waals surface area contributed by atoms with E-state index in [4.69, 9.17) is 5.11 Å². The molecule has 4 nitrogen and oxygen atoms in total. The van der Waals surface area contributed by atoms with Crippen LogP contribution >= 0.6 is 0 Å². The zero-order valence-corrected chi connectivity index (χ0v) is 8.71. The highest BCUT2D eigenvalue weighted by Gasteiger charge is 2.05. The van der Waals surface area contributed by atoms with Crippen LogP contribution in [-0.2, 0) is 11.2 Å². The minimum atomic E-state index is -0.782. The maximum absolute atomic E-state index is 10.5. The topological polar surface area (TPSA) is 55.1 Å². The number of rotatable bonds is 4. The van der Waals surface area contributed by atoms with E-state index in [1.165, 1.54) is 0 Å². The van der Waals surface area contributed by atoms with E-state index in [-0.39, 0.29) is 6.42 Å². The second-order valence-corrected chi connectivity index (χ2v) is 3.47. The molecule has 0 aliphatic heterocycles. The fraction of sp³-hybridized carbons (Fsp3) is 0.167. The molecule has 0 amide bonds. The van der Waals surface area contributed by atoms with Gasteiger partial charge < -0.3 is 5.11 Å². The van der Waals surface area contributed by atoms with Crippen molar-refractivity contribution in [2.24, 2.45) is 0 Å². The molecule has 0 bridgehead atoms. The molecule has 0 aliphatic rings. The maximum atomic E-state index is 10.5. The maximum Gasteiger partial charge on any atom is 0.303 e. The van der Waals surface area contributed by atoms with Gasteiger partial charge in [0.25, 0.3) is 0 Å². The first-order valence-electron chi connectivity index (χ1n) is 5.07. The molecule has 0 unspecified atom stereocenters. The summed E-state index contributed by atoms with van der Waals surface area (Å²) in [6.07, 6.45) is 4.21. The molecule has 4 heteroatoms. The van der Waals surface area contributed by atoms with Crippen LogP contribution < -0.4 is 0 Å². The van der Waals surface area contributed by atoms with Crippen molar-refractivity contribution >= 4 is 5.97 Å². The predicted molar refractivity (Wildman–Crippen MR) is 59.5 cm³/mol. The first-order valence-corrected chi connectivity index (χ1v) is 5.07. The average molecular weight is 216 g/mol. The highest BCUT2D eigenvalue weighted by molar-refractivity contribution is 5.67. The molecule has 1 aromatic carbocycles. The molecule has 2 aromatic rings. The quantitative estimate of drug-likeness (QED) is 0.849. The lowest BCUT2D eigenvalue weighted by molar-refractivity contribution is -0.136. The largest absolute Gasteiger partial charge is 0.481 e. The van der Waals surface area contributed by atoms with E-state index in [1.807, 2.05) is 36.5 Å². The third-order valence-electron chi connectivity index (χ3n) is 2.35. The number of hydrogen-bond donors (Lipinski definition) is 1. The summed E-state index contributed by atoms with van der Waals surface area (Å²) in [6, 6.07) is 9.53. The molecule has 0 aliphatic carbocycles. The van der Waals surface area contributed by atoms with Crippen molar-refractivity contribution in [2.45, 2.75) is 12.8 Å². The number of nitrogens with zero attached hydrogens (tertiary/aromatic N) is 2. The molecular formula is C12H12N2O2. The summed E-state index contributed by atoms with van der Waals surface area (Å²) < 4.78 is 1.75. The number of aryl methyl sites for hydroxylation is 1. The molecule has 1 aromatic heterocycles. The molecular weight excluding hydrogens is 204 g/mol. The van der Waals surface area contributed by atoms with Gasteiger partial charge in [0.05, 0.1) is 5.69 Å². The molecule has 0 radical (unpaired) electrons. The van der Waals surface area contributed by atoms with Gasteiger partial charge in [0.15, 0.2) is 0 Å². The number of hydrogen-bond acceptors (Lipinski definition) is 2. The minimum absolute atomic E-state index is 0.137. The normalized spacial score (nSPS) is 10.2. The summed E-state index contributed by atoms with van der Waals surface area (Å²) >= 11 is 0. The van der Waals surface area contributed by atoms with Gasteiger partial charge in [0, 0.05) is 18.8 Å². The Kier molecular flexibility index (Phi) is 3.00. The molecule has 2 rings (SSSR count). The lowest BCUT2D eigenvalue weighted by Gasteiger charge is -2.07. The molecule has 0 atom stereocenters. The standard InChI is InChI=1S/C12H12N2O2/c15-12(16)7-6-10-4-1-2-5-11(10)14-9-3-8-13-14/h1-5,8-9H,6-7H2,(H,15,16). The first-order chi connectivity index (χ1) is 7.77. The third kappa shape index (κ3) is 2.28. The van der Waals surface area contributed by atoms with Gasteiger partial charge in [0.1, 0.15) is 0 Å². The SMILES string of the molecule is O=C(O)CCc1ccccc1-n1cccn1. The lowest BCUT2D eigenvalue weighted by atomic mass is 10.1. The molecule has 1 heterocycles. The van der Waals surface area contributed by atoms with Crippen molar-refractivity contribution < 1.29 is 9.90 Å². The Morgan fingerprint density at radius 3 is 2.81 bits per heavy atom. The van der Waals surface area contributed by atoms with Crippen molar-refractivity contribution in [2.75, 3.05) is 0 Å². The lowest BCUT2D eigenvalue weighted by Crippen LogP contribution is -2.03. The van der Waals surface area contributed by atoms with Crippen LogP contribution in [0.1, 0.15) is 12.0 Å². The number of benzene rings is 1. The van der Waals surface area contributed by atoms with Gasteiger partial charge in [-0.05, 0) is 24.1 Å². The van der Waals surface area contributed by atoms with Crippen molar-refractivity contribution in [1.82, 2.24) is 9.78 Å². The third-order valence-corrected chi connectivity index (χ3v) is 2.35. The molecule has 0 saturated heterocycles. The van der Waals surface area contributed by atoms with Gasteiger partial charge in [-0.1, -0.05) is 18.2 Å². The minimum Gasteiger partial charge on any atom is -0.481 e. The van der Waals surface area contributed by atoms with E-state index in [0.29, 0.717) is 6.42 Å². The van der Waals surface area contributed by atoms with Gasteiger partial charge >= 0.3 is 5.97 Å². The fourth-order valence-corrected chi connectivity index (χ4v) is 1.60. The summed E-state index contributed by atoms with van der Waals surface area (Å²) in [7, 11) is 0. The Bertz CT molecular complexity index is 478. The number of aromatic nitrogens is 2. The number of carboxylic acids is 1. The molecule has 82 valence electrons. The summed E-state index contributed by atoms with van der Waals surface area (Å²) in [5.74, 6) is -0.782. The summed E-state index contributed by atoms with van der Waals surface area (Å²) in [5, 5.41) is 12.8. The van der Waals surface area contributed by atoms with Crippen molar-refractivity contribution in [3.8, 4) is 5.69 Å². The van der Waals surface area contributed by atoms with E-state index in [9.17, 15) is 4.79 Å². The Morgan fingerprint density at radius 2 is 2.12 bits per heavy atom. The van der Waals surface area contributed by atoms with Gasteiger partial charge in [-0.15, -0.1) is 0 Å². The highest BCUT2D eigenvalue weighted by Crippen LogP contribution is 2.15. The molecule has 0 saturated carbocycles. The van der Waals surface area contributed by atoms with Crippen LogP contribution in [0.2, 0.25) is 0 Å². The monoisotopic (exact) mass is 216 g/mol. The van der Waals surface area contributed by atoms with Crippen molar-refractivity contribution in [1.29, 1.82) is 0 Å². The van der Waals surface area contributed by atoms with E-state index in [1.54, 1.807) is 10.9 Å². The van der Waals surface area contributed by atoms with E-state index in [0.717, 1.165) is 11.3 Å². The van der Waals surface area contributed by atoms with Gasteiger partial charge in [-0.2, -0.15) is 5.10 Å². The van der Waals surface area contributed by atoms with E-state index in [2.05, 4.69) is 5.10 Å². The summed E-state index contributed by atoms with van der Waals surface area (Å²) in [5.41, 5.74) is 1.93. The zero-order chi connectivity index (χ0) is 11.4. The second kappa shape index (κ2) is 4.61. The van der Waals surface area contributed by atoms with Crippen LogP contribution in [0.5, 0.6) is 0 Å². The number of para-hydroxylation sites is 1. The molecule has 0 fully saturated rings. The van der Waals surface area contributed by atoms with Crippen LogP contribution in [0.3, 0.4) is 0 Å². The smallest absolute Gasteiger partial charge is 0.303 e. The fourth-order valence-electron chi connectivity index (χ4n) is 1.60. The van der Waals surface area contributed by atoms with Crippen LogP contribution in [0.4, 0.5) is 0 Å². The Morgan fingerprint density at radius 1 is 1.31 bits per heavy atom. The van der Waals surface area contributed by atoms with E-state index >= 15 is 0 Å². The highest BCUT2D eigenvalue weighted by atomic mass is 16.4. The van der Waals surface area contributed by atoms with E-state index < -0.39 is 5.97 Å². The first kappa shape index (κ1) is 10.4. The predicted octanol–water partition coefficient (Wildman–Crippen LogP) is 1.89. The summed E-state index contributed by atoms with van der Waals surface area (Å²) in [4.78, 5) is 10.5. The van der Waals surface area contributed by atoms with Crippen LogP contribution in [0.15, 0.2) is 42.7 Å². The number of carboxylic acid groups (broad SMARTS) is 1. The van der Waals surface area contributed by atoms with Gasteiger partial charge in [0.2, 0.25) is 0 Å². The van der Waals surface area contributed by atoms with Crippen LogP contribution in [0, 0.1) is 0 Å². The van der Waals surface area contributed by atoms with Gasteiger partial charge in [-0.3, -0.25) is 4.79 Å². The van der Waals surface area contributed by atoms with Crippen molar-refractivity contribution in [3.05, 3.63) is 48.3 Å². The average Bonchev–Trinajstić information content (AvgIpc) is 2.80. The number of aliphatic carboxylic acids is 1. The Labute approximate surface area is 93.1 Å². The zero-order valence-electron chi connectivity index (χ0n) is 8.71. The number of carbonyl (C=O) groups is 1. The van der Waals surface area contributed by atoms with Crippen LogP contribution in [-0.4, -0.2) is 20.9 Å². The second-order valence-electron chi connectivity index (χ2n) is 3.47. The Hall–Kier alpha value is -2.10. The Balaban J connectivity index is 2.27. The van der Waals surface area contributed by atoms with Crippen molar-refractivity contribution in [3.63, 3.8) is 0 Å². The molecule has 1 N–H and O–H groups in total.